The van der Waals surface area contributed by atoms with E-state index in [2.05, 4.69) is 10.3 Å². The van der Waals surface area contributed by atoms with Gasteiger partial charge >= 0.3 is 5.97 Å². The van der Waals surface area contributed by atoms with Crippen LogP contribution in [0, 0.1) is 6.92 Å². The normalized spacial score (nSPS) is 15.0. The first-order valence-corrected chi connectivity index (χ1v) is 7.10. The lowest BCUT2D eigenvalue weighted by Crippen LogP contribution is -2.03. The summed E-state index contributed by atoms with van der Waals surface area (Å²) in [6.07, 6.45) is 2.43. The molecule has 0 unspecified atom stereocenters. The molecule has 2 aromatic rings. The van der Waals surface area contributed by atoms with Gasteiger partial charge in [0.05, 0.1) is 5.57 Å². The molecule has 0 aliphatic carbocycles. The summed E-state index contributed by atoms with van der Waals surface area (Å²) in [7, 11) is 0. The molecule has 1 amide bonds. The maximum atomic E-state index is 12.2. The summed E-state index contributed by atoms with van der Waals surface area (Å²) in [4.78, 5) is 26.3. The van der Waals surface area contributed by atoms with Gasteiger partial charge in [0.25, 0.3) is 5.91 Å². The number of para-hydroxylation sites is 1. The van der Waals surface area contributed by atoms with Crippen molar-refractivity contribution in [1.29, 1.82) is 0 Å². The van der Waals surface area contributed by atoms with Crippen molar-refractivity contribution in [3.05, 3.63) is 52.3 Å². The lowest BCUT2D eigenvalue weighted by atomic mass is 10.0. The zero-order valence-corrected chi connectivity index (χ0v) is 12.4. The molecule has 5 nitrogen and oxygen atoms in total. The van der Waals surface area contributed by atoms with Crippen LogP contribution in [-0.2, 0) is 11.2 Å². The number of aromatic amines is 1. The highest BCUT2D eigenvalue weighted by Crippen LogP contribution is 2.33. The number of hydrogen-bond acceptors (Lipinski definition) is 2. The minimum atomic E-state index is -0.992. The van der Waals surface area contributed by atoms with E-state index in [1.807, 2.05) is 31.2 Å². The maximum Gasteiger partial charge on any atom is 0.352 e. The number of nitrogens with one attached hydrogen (secondary N) is 2. The number of H-pyrrole nitrogens is 1. The van der Waals surface area contributed by atoms with E-state index in [1.165, 1.54) is 0 Å². The van der Waals surface area contributed by atoms with Gasteiger partial charge < -0.3 is 15.4 Å². The van der Waals surface area contributed by atoms with Gasteiger partial charge in [-0.05, 0) is 36.6 Å². The fourth-order valence-electron chi connectivity index (χ4n) is 2.88. The van der Waals surface area contributed by atoms with Crippen LogP contribution in [0.15, 0.2) is 24.3 Å². The SMILES string of the molecule is CCc1c(C=C2C(=O)Nc3ccccc32)[nH]c(C(=O)O)c1C. The highest BCUT2D eigenvalue weighted by molar-refractivity contribution is 6.34. The van der Waals surface area contributed by atoms with Crippen LogP contribution in [-0.4, -0.2) is 22.0 Å². The molecule has 3 N–H and O–H groups in total. The number of carbonyl (C=O) groups is 2. The van der Waals surface area contributed by atoms with Crippen LogP contribution in [0.2, 0.25) is 0 Å². The monoisotopic (exact) mass is 296 g/mol. The summed E-state index contributed by atoms with van der Waals surface area (Å²) >= 11 is 0. The van der Waals surface area contributed by atoms with Crippen LogP contribution in [0.25, 0.3) is 11.6 Å². The molecule has 1 aromatic carbocycles. The number of fused-ring (bicyclic) bond motifs is 1. The minimum absolute atomic E-state index is 0.174. The number of carbonyl (C=O) groups excluding carboxylic acids is 1. The Morgan fingerprint density at radius 3 is 2.73 bits per heavy atom. The standard InChI is InChI=1S/C17H16N2O3/c1-3-10-9(2)15(17(21)22)18-14(10)8-12-11-6-4-5-7-13(11)19-16(12)20/h4-8,18H,3H2,1-2H3,(H,19,20)(H,21,22). The van der Waals surface area contributed by atoms with Gasteiger partial charge in [0.15, 0.2) is 0 Å². The Bertz CT molecular complexity index is 815. The highest BCUT2D eigenvalue weighted by atomic mass is 16.4. The van der Waals surface area contributed by atoms with E-state index >= 15 is 0 Å². The second-order valence-electron chi connectivity index (χ2n) is 5.23. The predicted molar refractivity (Wildman–Crippen MR) is 84.8 cm³/mol. The quantitative estimate of drug-likeness (QED) is 0.761. The second-order valence-corrected chi connectivity index (χ2v) is 5.23. The van der Waals surface area contributed by atoms with Crippen LogP contribution in [0.1, 0.15) is 39.8 Å². The molecule has 112 valence electrons. The minimum Gasteiger partial charge on any atom is -0.477 e. The number of carboxylic acid groups (broad SMARTS) is 1. The molecule has 1 aromatic heterocycles. The fraction of sp³-hybridized carbons (Fsp3) is 0.176. The molecule has 0 saturated heterocycles. The van der Waals surface area contributed by atoms with Crippen molar-refractivity contribution in [3.8, 4) is 0 Å². The Hall–Kier alpha value is -2.82. The van der Waals surface area contributed by atoms with Crippen LogP contribution >= 0.6 is 0 Å². The molecule has 0 saturated carbocycles. The number of amides is 1. The number of carboxylic acids is 1. The smallest absolute Gasteiger partial charge is 0.352 e. The Balaban J connectivity index is 2.15. The number of aromatic nitrogens is 1. The fourth-order valence-corrected chi connectivity index (χ4v) is 2.88. The number of rotatable bonds is 3. The lowest BCUT2D eigenvalue weighted by Gasteiger charge is -2.00. The maximum absolute atomic E-state index is 12.2. The number of hydrogen-bond donors (Lipinski definition) is 3. The van der Waals surface area contributed by atoms with E-state index in [0.717, 1.165) is 16.8 Å². The third-order valence-corrected chi connectivity index (χ3v) is 3.98. The van der Waals surface area contributed by atoms with E-state index in [1.54, 1.807) is 13.0 Å². The number of aromatic carboxylic acids is 1. The van der Waals surface area contributed by atoms with E-state index in [9.17, 15) is 14.7 Å². The molecule has 0 atom stereocenters. The van der Waals surface area contributed by atoms with Crippen molar-refractivity contribution in [1.82, 2.24) is 4.98 Å². The molecule has 0 spiro atoms. The Labute approximate surface area is 127 Å². The molecule has 1 aliphatic rings. The van der Waals surface area contributed by atoms with Gasteiger partial charge in [0, 0.05) is 16.9 Å². The summed E-state index contributed by atoms with van der Waals surface area (Å²) in [5, 5.41) is 12.1. The molecule has 2 heterocycles. The first-order valence-electron chi connectivity index (χ1n) is 7.10. The van der Waals surface area contributed by atoms with Crippen molar-refractivity contribution in [2.45, 2.75) is 20.3 Å². The average molecular weight is 296 g/mol. The average Bonchev–Trinajstić information content (AvgIpc) is 2.97. The largest absolute Gasteiger partial charge is 0.477 e. The van der Waals surface area contributed by atoms with E-state index in [0.29, 0.717) is 23.3 Å². The molecule has 3 rings (SSSR count). The summed E-state index contributed by atoms with van der Waals surface area (Å²) in [6, 6.07) is 7.45. The number of anilines is 1. The molecule has 1 aliphatic heterocycles. The predicted octanol–water partition coefficient (Wildman–Crippen LogP) is 3.08. The molecule has 0 radical (unpaired) electrons. The van der Waals surface area contributed by atoms with Gasteiger partial charge in [-0.15, -0.1) is 0 Å². The molecule has 0 fully saturated rings. The third-order valence-electron chi connectivity index (χ3n) is 3.98. The second kappa shape index (κ2) is 5.18. The van der Waals surface area contributed by atoms with Gasteiger partial charge in [0.2, 0.25) is 0 Å². The Morgan fingerprint density at radius 2 is 2.05 bits per heavy atom. The van der Waals surface area contributed by atoms with Crippen molar-refractivity contribution >= 4 is 29.2 Å². The van der Waals surface area contributed by atoms with Gasteiger partial charge in [-0.25, -0.2) is 4.79 Å². The summed E-state index contributed by atoms with van der Waals surface area (Å²) in [5.74, 6) is -1.17. The molecular weight excluding hydrogens is 280 g/mol. The van der Waals surface area contributed by atoms with Crippen LogP contribution in [0.3, 0.4) is 0 Å². The lowest BCUT2D eigenvalue weighted by molar-refractivity contribution is -0.110. The van der Waals surface area contributed by atoms with Crippen molar-refractivity contribution < 1.29 is 14.7 Å². The zero-order chi connectivity index (χ0) is 15.9. The topological polar surface area (TPSA) is 82.2 Å². The highest BCUT2D eigenvalue weighted by Gasteiger charge is 2.25. The summed E-state index contributed by atoms with van der Waals surface area (Å²) in [6.45, 7) is 3.75. The van der Waals surface area contributed by atoms with Crippen LogP contribution in [0.4, 0.5) is 5.69 Å². The Morgan fingerprint density at radius 1 is 1.32 bits per heavy atom. The molecular formula is C17H16N2O3. The third kappa shape index (κ3) is 2.11. The summed E-state index contributed by atoms with van der Waals surface area (Å²) in [5.41, 5.74) is 4.64. The van der Waals surface area contributed by atoms with Gasteiger partial charge in [-0.3, -0.25) is 4.79 Å². The van der Waals surface area contributed by atoms with Crippen LogP contribution < -0.4 is 5.32 Å². The van der Waals surface area contributed by atoms with E-state index in [-0.39, 0.29) is 11.6 Å². The first kappa shape index (κ1) is 14.1. The van der Waals surface area contributed by atoms with Gasteiger partial charge in [0.1, 0.15) is 5.69 Å². The van der Waals surface area contributed by atoms with Crippen LogP contribution in [0.5, 0.6) is 0 Å². The van der Waals surface area contributed by atoms with Crippen molar-refractivity contribution in [2.24, 2.45) is 0 Å². The van der Waals surface area contributed by atoms with E-state index < -0.39 is 5.97 Å². The van der Waals surface area contributed by atoms with Gasteiger partial charge in [-0.1, -0.05) is 25.1 Å². The van der Waals surface area contributed by atoms with E-state index in [4.69, 9.17) is 0 Å². The van der Waals surface area contributed by atoms with Gasteiger partial charge in [-0.2, -0.15) is 0 Å². The molecule has 5 heteroatoms. The molecule has 0 bridgehead atoms. The van der Waals surface area contributed by atoms with Crippen molar-refractivity contribution in [3.63, 3.8) is 0 Å². The first-order chi connectivity index (χ1) is 10.5. The zero-order valence-electron chi connectivity index (χ0n) is 12.4. The Kier molecular flexibility index (Phi) is 3.33. The summed E-state index contributed by atoms with van der Waals surface area (Å²) < 4.78 is 0. The number of benzene rings is 1. The van der Waals surface area contributed by atoms with Crippen molar-refractivity contribution in [2.75, 3.05) is 5.32 Å². The molecule has 22 heavy (non-hydrogen) atoms.